The Labute approximate surface area is 114 Å². The molecule has 0 aromatic heterocycles. The van der Waals surface area contributed by atoms with Crippen LogP contribution >= 0.6 is 0 Å². The Morgan fingerprint density at radius 1 is 1.28 bits per heavy atom. The maximum Gasteiger partial charge on any atom is 0.128 e. The van der Waals surface area contributed by atoms with E-state index in [1.807, 2.05) is 6.07 Å². The molecule has 1 saturated heterocycles. The van der Waals surface area contributed by atoms with Crippen molar-refractivity contribution in [3.8, 4) is 0 Å². The van der Waals surface area contributed by atoms with Crippen LogP contribution in [0.5, 0.6) is 0 Å². The second kappa shape index (κ2) is 6.60. The van der Waals surface area contributed by atoms with Crippen molar-refractivity contribution in [2.75, 3.05) is 12.3 Å². The molecule has 1 aliphatic rings. The molecule has 0 radical (unpaired) electrons. The maximum atomic E-state index is 12.4. The predicted octanol–water partition coefficient (Wildman–Crippen LogP) is 3.53. The molecular formula is C15H23NOS. The summed E-state index contributed by atoms with van der Waals surface area (Å²) in [6, 6.07) is 10.9. The molecule has 0 spiro atoms. The number of benzene rings is 1. The number of piperidine rings is 1. The fourth-order valence-corrected chi connectivity index (χ4v) is 4.14. The molecule has 1 unspecified atom stereocenters. The molecule has 2 atom stereocenters. The largest absolute Gasteiger partial charge is 0.598 e. The van der Waals surface area contributed by atoms with Crippen LogP contribution in [0.15, 0.2) is 30.3 Å². The molecule has 0 amide bonds. The minimum Gasteiger partial charge on any atom is -0.598 e. The monoisotopic (exact) mass is 265 g/mol. The summed E-state index contributed by atoms with van der Waals surface area (Å²) >= 11 is -0.834. The molecule has 1 aromatic carbocycles. The van der Waals surface area contributed by atoms with Gasteiger partial charge in [-0.05, 0) is 30.7 Å². The van der Waals surface area contributed by atoms with E-state index in [9.17, 15) is 4.55 Å². The van der Waals surface area contributed by atoms with Crippen LogP contribution in [0.1, 0.15) is 44.7 Å². The van der Waals surface area contributed by atoms with Gasteiger partial charge in [-0.2, -0.15) is 0 Å². The molecule has 1 fully saturated rings. The Morgan fingerprint density at radius 3 is 2.67 bits per heavy atom. The minimum absolute atomic E-state index is 0.347. The average Bonchev–Trinajstić information content (AvgIpc) is 2.39. The molecule has 18 heavy (non-hydrogen) atoms. The van der Waals surface area contributed by atoms with Crippen LogP contribution in [0.4, 0.5) is 0 Å². The van der Waals surface area contributed by atoms with Gasteiger partial charge >= 0.3 is 0 Å². The highest BCUT2D eigenvalue weighted by Crippen LogP contribution is 2.33. The van der Waals surface area contributed by atoms with Gasteiger partial charge in [0, 0.05) is 17.9 Å². The van der Waals surface area contributed by atoms with Crippen LogP contribution in [0.3, 0.4) is 0 Å². The quantitative estimate of drug-likeness (QED) is 0.778. The molecule has 0 aliphatic carbocycles. The summed E-state index contributed by atoms with van der Waals surface area (Å²) in [6.45, 7) is 5.25. The zero-order valence-corrected chi connectivity index (χ0v) is 12.2. The highest BCUT2D eigenvalue weighted by Gasteiger charge is 2.32. The number of nitrogens with zero attached hydrogens (tertiary/aromatic N) is 1. The van der Waals surface area contributed by atoms with Crippen LogP contribution < -0.4 is 0 Å². The molecule has 0 bridgehead atoms. The molecule has 1 aliphatic heterocycles. The summed E-state index contributed by atoms with van der Waals surface area (Å²) in [5.41, 5.74) is 1.31. The van der Waals surface area contributed by atoms with E-state index in [4.69, 9.17) is 0 Å². The van der Waals surface area contributed by atoms with Crippen molar-refractivity contribution in [3.63, 3.8) is 0 Å². The van der Waals surface area contributed by atoms with Gasteiger partial charge in [0.05, 0.1) is 6.04 Å². The summed E-state index contributed by atoms with van der Waals surface area (Å²) in [6.07, 6.45) is 3.55. The van der Waals surface area contributed by atoms with Crippen LogP contribution in [0, 0.1) is 5.92 Å². The Balaban J connectivity index is 2.11. The first kappa shape index (κ1) is 13.9. The topological polar surface area (TPSA) is 26.3 Å². The van der Waals surface area contributed by atoms with Crippen molar-refractivity contribution in [1.29, 1.82) is 0 Å². The second-order valence-electron chi connectivity index (χ2n) is 5.44. The van der Waals surface area contributed by atoms with Gasteiger partial charge in [0.2, 0.25) is 0 Å². The fourth-order valence-electron chi connectivity index (χ4n) is 2.54. The van der Waals surface area contributed by atoms with Gasteiger partial charge in [-0.3, -0.25) is 0 Å². The lowest BCUT2D eigenvalue weighted by atomic mass is 9.98. The smallest absolute Gasteiger partial charge is 0.128 e. The lowest BCUT2D eigenvalue weighted by Crippen LogP contribution is -2.40. The normalized spacial score (nSPS) is 23.2. The van der Waals surface area contributed by atoms with Crippen molar-refractivity contribution in [2.24, 2.45) is 5.92 Å². The summed E-state index contributed by atoms with van der Waals surface area (Å²) in [5.74, 6) is 1.27. The first-order chi connectivity index (χ1) is 8.68. The highest BCUT2D eigenvalue weighted by molar-refractivity contribution is 7.89. The van der Waals surface area contributed by atoms with Gasteiger partial charge in [-0.15, -0.1) is 4.31 Å². The SMILES string of the molecule is CC(C)C[S+]([O-])N1CCCC[C@@H]1c1ccccc1. The standard InChI is InChI=1S/C15H23NOS/c1-13(2)12-18(17)16-11-7-6-10-15(16)14-8-4-3-5-9-14/h3-5,8-9,13,15H,6-7,10-12H2,1-2H3/t15-,18?/m1/s1. The van der Waals surface area contributed by atoms with Gasteiger partial charge in [0.15, 0.2) is 0 Å². The van der Waals surface area contributed by atoms with Crippen LogP contribution in [-0.2, 0) is 11.4 Å². The fraction of sp³-hybridized carbons (Fsp3) is 0.600. The summed E-state index contributed by atoms with van der Waals surface area (Å²) in [7, 11) is 0. The molecule has 0 N–H and O–H groups in total. The van der Waals surface area contributed by atoms with E-state index in [0.29, 0.717) is 12.0 Å². The van der Waals surface area contributed by atoms with E-state index in [1.54, 1.807) is 0 Å². The number of hydrogen-bond acceptors (Lipinski definition) is 2. The molecule has 0 saturated carbocycles. The summed E-state index contributed by atoms with van der Waals surface area (Å²) < 4.78 is 14.6. The predicted molar refractivity (Wildman–Crippen MR) is 77.6 cm³/mol. The van der Waals surface area contributed by atoms with Crippen LogP contribution in [0.25, 0.3) is 0 Å². The van der Waals surface area contributed by atoms with Crippen molar-refractivity contribution in [1.82, 2.24) is 4.31 Å². The third kappa shape index (κ3) is 3.50. The summed E-state index contributed by atoms with van der Waals surface area (Å²) in [5, 5.41) is 0. The molecule has 100 valence electrons. The maximum absolute atomic E-state index is 12.4. The Hall–Kier alpha value is -0.510. The van der Waals surface area contributed by atoms with Gasteiger partial charge < -0.3 is 4.55 Å². The van der Waals surface area contributed by atoms with Crippen LogP contribution in [-0.4, -0.2) is 21.2 Å². The zero-order chi connectivity index (χ0) is 13.0. The third-order valence-corrected chi connectivity index (χ3v) is 5.29. The Bertz CT molecular complexity index is 355. The first-order valence-corrected chi connectivity index (χ1v) is 8.16. The molecule has 2 rings (SSSR count). The average molecular weight is 265 g/mol. The van der Waals surface area contributed by atoms with E-state index in [-0.39, 0.29) is 0 Å². The van der Waals surface area contributed by atoms with Gasteiger partial charge in [0.25, 0.3) is 0 Å². The Kier molecular flexibility index (Phi) is 5.10. The van der Waals surface area contributed by atoms with E-state index < -0.39 is 11.4 Å². The second-order valence-corrected chi connectivity index (χ2v) is 6.89. The van der Waals surface area contributed by atoms with Gasteiger partial charge in [-0.1, -0.05) is 44.2 Å². The van der Waals surface area contributed by atoms with E-state index in [1.165, 1.54) is 18.4 Å². The summed E-state index contributed by atoms with van der Waals surface area (Å²) in [4.78, 5) is 0. The van der Waals surface area contributed by atoms with E-state index >= 15 is 0 Å². The van der Waals surface area contributed by atoms with Crippen molar-refractivity contribution >= 4 is 11.4 Å². The molecular weight excluding hydrogens is 242 g/mol. The molecule has 1 aromatic rings. The van der Waals surface area contributed by atoms with Crippen LogP contribution in [0.2, 0.25) is 0 Å². The van der Waals surface area contributed by atoms with Gasteiger partial charge in [-0.25, -0.2) is 0 Å². The lowest BCUT2D eigenvalue weighted by molar-refractivity contribution is 0.255. The van der Waals surface area contributed by atoms with E-state index in [0.717, 1.165) is 18.7 Å². The van der Waals surface area contributed by atoms with Crippen molar-refractivity contribution in [2.45, 2.75) is 39.2 Å². The van der Waals surface area contributed by atoms with Crippen molar-refractivity contribution < 1.29 is 4.55 Å². The van der Waals surface area contributed by atoms with E-state index in [2.05, 4.69) is 42.4 Å². The number of hydrogen-bond donors (Lipinski definition) is 0. The molecule has 2 nitrogen and oxygen atoms in total. The highest BCUT2D eigenvalue weighted by atomic mass is 32.2. The first-order valence-electron chi connectivity index (χ1n) is 6.88. The van der Waals surface area contributed by atoms with Crippen molar-refractivity contribution in [3.05, 3.63) is 35.9 Å². The lowest BCUT2D eigenvalue weighted by Gasteiger charge is -2.35. The molecule has 1 heterocycles. The minimum atomic E-state index is -0.834. The van der Waals surface area contributed by atoms with Gasteiger partial charge in [0.1, 0.15) is 5.75 Å². The third-order valence-electron chi connectivity index (χ3n) is 3.38. The molecule has 3 heteroatoms. The number of rotatable bonds is 4. The zero-order valence-electron chi connectivity index (χ0n) is 11.3. The Morgan fingerprint density at radius 2 is 2.00 bits per heavy atom.